The van der Waals surface area contributed by atoms with Crippen LogP contribution >= 0.6 is 22.9 Å². The normalized spacial score (nSPS) is 10.8. The first-order valence-corrected chi connectivity index (χ1v) is 9.81. The number of benzene rings is 2. The van der Waals surface area contributed by atoms with Crippen molar-refractivity contribution < 1.29 is 32.6 Å². The summed E-state index contributed by atoms with van der Waals surface area (Å²) in [4.78, 5) is 24.6. The highest BCUT2D eigenvalue weighted by molar-refractivity contribution is 7.21. The number of esters is 1. The van der Waals surface area contributed by atoms with Crippen LogP contribution in [0.2, 0.25) is 5.02 Å². The molecule has 158 valence electrons. The summed E-state index contributed by atoms with van der Waals surface area (Å²) < 4.78 is 40.0. The van der Waals surface area contributed by atoms with E-state index >= 15 is 0 Å². The second-order valence-electron chi connectivity index (χ2n) is 5.95. The molecule has 0 aliphatic heterocycles. The minimum atomic E-state index is -2.99. The van der Waals surface area contributed by atoms with Crippen LogP contribution in [0.1, 0.15) is 15.2 Å². The number of amides is 1. The molecule has 0 saturated heterocycles. The summed E-state index contributed by atoms with van der Waals surface area (Å²) >= 11 is 7.47. The second kappa shape index (κ2) is 9.73. The summed E-state index contributed by atoms with van der Waals surface area (Å²) in [5.41, 5.74) is 0.501. The number of nitrogens with one attached hydrogen (secondary N) is 1. The number of hydrogen-bond donors (Lipinski definition) is 1. The lowest BCUT2D eigenvalue weighted by molar-refractivity contribution is -0.143. The molecule has 0 aliphatic rings. The molecule has 1 aromatic heterocycles. The zero-order valence-corrected chi connectivity index (χ0v) is 17.2. The monoisotopic (exact) mass is 455 g/mol. The van der Waals surface area contributed by atoms with E-state index in [1.807, 2.05) is 24.3 Å². The highest BCUT2D eigenvalue weighted by Gasteiger charge is 2.18. The predicted molar refractivity (Wildman–Crippen MR) is 109 cm³/mol. The molecular formula is C20H16ClF2NO5S. The van der Waals surface area contributed by atoms with E-state index in [-0.39, 0.29) is 24.7 Å². The van der Waals surface area contributed by atoms with E-state index < -0.39 is 18.5 Å². The van der Waals surface area contributed by atoms with Gasteiger partial charge in [-0.05, 0) is 23.8 Å². The summed E-state index contributed by atoms with van der Waals surface area (Å²) in [5.74, 6) is -1.20. The van der Waals surface area contributed by atoms with Gasteiger partial charge in [0.05, 0.1) is 12.1 Å². The Morgan fingerprint density at radius 3 is 2.63 bits per heavy atom. The molecule has 0 aliphatic carbocycles. The first kappa shape index (κ1) is 21.8. The smallest absolute Gasteiger partial charge is 0.387 e. The third kappa shape index (κ3) is 5.17. The Morgan fingerprint density at radius 1 is 1.17 bits per heavy atom. The van der Waals surface area contributed by atoms with Crippen LogP contribution in [0.4, 0.5) is 8.78 Å². The average Bonchev–Trinajstić information content (AvgIpc) is 3.07. The van der Waals surface area contributed by atoms with Crippen molar-refractivity contribution in [1.82, 2.24) is 5.32 Å². The van der Waals surface area contributed by atoms with Crippen LogP contribution in [0.25, 0.3) is 10.1 Å². The Labute approximate surface area is 179 Å². The molecule has 30 heavy (non-hydrogen) atoms. The maximum Gasteiger partial charge on any atom is 0.387 e. The molecule has 0 bridgehead atoms. The standard InChI is InChI=1S/C20H16ClF2NO5S/c1-27-14-8-11(6-7-13(14)29-20(22)23)10-28-16(25)9-24-19(26)18-17(21)12-4-2-3-5-15(12)30-18/h2-8,20H,9-10H2,1H3,(H,24,26). The van der Waals surface area contributed by atoms with Gasteiger partial charge in [0.1, 0.15) is 18.0 Å². The summed E-state index contributed by atoms with van der Waals surface area (Å²) in [6.07, 6.45) is 0. The van der Waals surface area contributed by atoms with Gasteiger partial charge in [-0.1, -0.05) is 35.9 Å². The molecule has 6 nitrogen and oxygen atoms in total. The van der Waals surface area contributed by atoms with Crippen molar-refractivity contribution in [1.29, 1.82) is 0 Å². The largest absolute Gasteiger partial charge is 0.493 e. The average molecular weight is 456 g/mol. The van der Waals surface area contributed by atoms with Crippen molar-refractivity contribution >= 4 is 44.9 Å². The van der Waals surface area contributed by atoms with Crippen LogP contribution in [-0.4, -0.2) is 32.1 Å². The molecule has 0 fully saturated rings. The van der Waals surface area contributed by atoms with Crippen LogP contribution in [0.15, 0.2) is 42.5 Å². The molecule has 2 aromatic carbocycles. The fourth-order valence-electron chi connectivity index (χ4n) is 2.60. The minimum Gasteiger partial charge on any atom is -0.493 e. The fraction of sp³-hybridized carbons (Fsp3) is 0.200. The van der Waals surface area contributed by atoms with Gasteiger partial charge in [-0.3, -0.25) is 9.59 Å². The van der Waals surface area contributed by atoms with Gasteiger partial charge in [0.25, 0.3) is 5.91 Å². The third-order valence-corrected chi connectivity index (χ3v) is 5.65. The Kier molecular flexibility index (Phi) is 7.07. The summed E-state index contributed by atoms with van der Waals surface area (Å²) in [6.45, 7) is -3.47. The summed E-state index contributed by atoms with van der Waals surface area (Å²) in [7, 11) is 1.30. The maximum absolute atomic E-state index is 12.4. The molecule has 3 rings (SSSR count). The van der Waals surface area contributed by atoms with Gasteiger partial charge in [-0.15, -0.1) is 11.3 Å². The molecule has 0 atom stereocenters. The minimum absolute atomic E-state index is 0.0801. The molecule has 1 amide bonds. The van der Waals surface area contributed by atoms with E-state index in [1.54, 1.807) is 0 Å². The number of ether oxygens (including phenoxy) is 3. The molecule has 0 spiro atoms. The van der Waals surface area contributed by atoms with E-state index in [9.17, 15) is 18.4 Å². The van der Waals surface area contributed by atoms with Crippen LogP contribution in [0, 0.1) is 0 Å². The molecule has 10 heteroatoms. The zero-order chi connectivity index (χ0) is 21.7. The van der Waals surface area contributed by atoms with E-state index in [0.29, 0.717) is 15.5 Å². The van der Waals surface area contributed by atoms with E-state index in [1.165, 1.54) is 36.6 Å². The number of alkyl halides is 2. The predicted octanol–water partition coefficient (Wildman–Crippen LogP) is 4.64. The lowest BCUT2D eigenvalue weighted by Gasteiger charge is -2.12. The summed E-state index contributed by atoms with van der Waals surface area (Å²) in [5, 5.41) is 3.58. The van der Waals surface area contributed by atoms with Gasteiger partial charge in [0.2, 0.25) is 0 Å². The van der Waals surface area contributed by atoms with E-state index in [2.05, 4.69) is 10.1 Å². The highest BCUT2D eigenvalue weighted by Crippen LogP contribution is 2.35. The van der Waals surface area contributed by atoms with Crippen LogP contribution in [0.5, 0.6) is 11.5 Å². The molecule has 1 heterocycles. The number of fused-ring (bicyclic) bond motifs is 1. The van der Waals surface area contributed by atoms with Crippen molar-refractivity contribution in [3.05, 3.63) is 57.9 Å². The quantitative estimate of drug-likeness (QED) is 0.501. The maximum atomic E-state index is 12.4. The molecule has 3 aromatic rings. The lowest BCUT2D eigenvalue weighted by atomic mass is 10.2. The zero-order valence-electron chi connectivity index (χ0n) is 15.6. The van der Waals surface area contributed by atoms with Crippen LogP contribution in [0.3, 0.4) is 0 Å². The SMILES string of the molecule is COc1cc(COC(=O)CNC(=O)c2sc3ccccc3c2Cl)ccc1OC(F)F. The number of halogens is 3. The second-order valence-corrected chi connectivity index (χ2v) is 7.38. The van der Waals surface area contributed by atoms with Gasteiger partial charge >= 0.3 is 12.6 Å². The van der Waals surface area contributed by atoms with Crippen molar-refractivity contribution in [3.63, 3.8) is 0 Å². The third-order valence-electron chi connectivity index (χ3n) is 3.98. The first-order chi connectivity index (χ1) is 14.4. The molecular weight excluding hydrogens is 440 g/mol. The number of methoxy groups -OCH3 is 1. The van der Waals surface area contributed by atoms with Gasteiger partial charge in [-0.25, -0.2) is 0 Å². The van der Waals surface area contributed by atoms with Crippen molar-refractivity contribution in [2.45, 2.75) is 13.2 Å². The molecule has 0 saturated carbocycles. The number of carbonyl (C=O) groups is 2. The van der Waals surface area contributed by atoms with E-state index in [4.69, 9.17) is 21.1 Å². The Bertz CT molecular complexity index is 1070. The Hall–Kier alpha value is -2.91. The molecule has 0 unspecified atom stereocenters. The fourth-order valence-corrected chi connectivity index (χ4v) is 4.04. The number of thiophene rings is 1. The van der Waals surface area contributed by atoms with Crippen molar-refractivity contribution in [3.8, 4) is 11.5 Å². The van der Waals surface area contributed by atoms with Crippen molar-refractivity contribution in [2.24, 2.45) is 0 Å². The van der Waals surface area contributed by atoms with Gasteiger partial charge < -0.3 is 19.5 Å². The first-order valence-electron chi connectivity index (χ1n) is 8.61. The topological polar surface area (TPSA) is 73.9 Å². The van der Waals surface area contributed by atoms with Gasteiger partial charge in [0.15, 0.2) is 11.5 Å². The number of carbonyl (C=O) groups excluding carboxylic acids is 2. The van der Waals surface area contributed by atoms with Gasteiger partial charge in [-0.2, -0.15) is 8.78 Å². The molecule has 0 radical (unpaired) electrons. The van der Waals surface area contributed by atoms with E-state index in [0.717, 1.165) is 10.1 Å². The lowest BCUT2D eigenvalue weighted by Crippen LogP contribution is -2.30. The van der Waals surface area contributed by atoms with Crippen LogP contribution < -0.4 is 14.8 Å². The van der Waals surface area contributed by atoms with Crippen LogP contribution in [-0.2, 0) is 16.1 Å². The number of hydrogen-bond acceptors (Lipinski definition) is 6. The molecule has 1 N–H and O–H groups in total. The Morgan fingerprint density at radius 2 is 1.93 bits per heavy atom. The van der Waals surface area contributed by atoms with Crippen molar-refractivity contribution in [2.75, 3.05) is 13.7 Å². The summed E-state index contributed by atoms with van der Waals surface area (Å²) in [6, 6.07) is 11.5. The van der Waals surface area contributed by atoms with Gasteiger partial charge in [0, 0.05) is 10.1 Å². The number of rotatable bonds is 8. The highest BCUT2D eigenvalue weighted by atomic mass is 35.5. The Balaban J connectivity index is 1.54.